The van der Waals surface area contributed by atoms with Crippen molar-refractivity contribution in [1.29, 1.82) is 0 Å². The van der Waals surface area contributed by atoms with Gasteiger partial charge in [-0.05, 0) is 110 Å². The molecule has 4 aromatic rings. The Kier molecular flexibility index (Phi) is 9.40. The fourth-order valence-electron chi connectivity index (χ4n) is 7.26. The topological polar surface area (TPSA) is 177 Å². The van der Waals surface area contributed by atoms with Crippen LogP contribution in [-0.4, -0.2) is 92.9 Å². The smallest absolute Gasteiger partial charge is 0.435 e. The van der Waals surface area contributed by atoms with Crippen LogP contribution in [0.4, 0.5) is 31.7 Å². The zero-order valence-corrected chi connectivity index (χ0v) is 34.2. The molecule has 0 radical (unpaired) electrons. The van der Waals surface area contributed by atoms with E-state index in [0.717, 1.165) is 10.5 Å². The maximum absolute atomic E-state index is 14.4. The van der Waals surface area contributed by atoms with Crippen LogP contribution in [0.3, 0.4) is 0 Å². The summed E-state index contributed by atoms with van der Waals surface area (Å²) < 4.78 is 29.2. The summed E-state index contributed by atoms with van der Waals surface area (Å²) in [6, 6.07) is 10.7. The zero-order valence-electron chi connectivity index (χ0n) is 34.2. The molecule has 1 N–H and O–H groups in total. The van der Waals surface area contributed by atoms with Crippen LogP contribution in [0.25, 0.3) is 10.9 Å². The van der Waals surface area contributed by atoms with Crippen molar-refractivity contribution < 1.29 is 42.9 Å². The Bertz CT molecular complexity index is 2300. The Hall–Kier alpha value is -5.93. The molecule has 2 aromatic carbocycles. The number of aromatic nitrogens is 4. The van der Waals surface area contributed by atoms with Gasteiger partial charge in [-0.3, -0.25) is 4.79 Å². The third kappa shape index (κ3) is 7.40. The number of rotatable bonds is 6. The molecule has 16 heteroatoms. The molecular weight excluding hydrogens is 734 g/mol. The number of fused-ring (bicyclic) bond motifs is 3. The Balaban J connectivity index is 1.23. The van der Waals surface area contributed by atoms with Crippen molar-refractivity contribution in [2.24, 2.45) is 0 Å². The molecule has 1 saturated heterocycles. The lowest BCUT2D eigenvalue weighted by Crippen LogP contribution is -2.50. The largest absolute Gasteiger partial charge is 0.497 e. The van der Waals surface area contributed by atoms with Crippen LogP contribution < -0.4 is 19.7 Å². The van der Waals surface area contributed by atoms with Gasteiger partial charge in [-0.1, -0.05) is 6.07 Å². The highest BCUT2D eigenvalue weighted by Crippen LogP contribution is 2.67. The number of carbonyl (C=O) groups is 4. The van der Waals surface area contributed by atoms with Crippen LogP contribution >= 0.6 is 0 Å². The first-order valence-electron chi connectivity index (χ1n) is 18.8. The van der Waals surface area contributed by atoms with Gasteiger partial charge < -0.3 is 33.9 Å². The highest BCUT2D eigenvalue weighted by atomic mass is 16.6. The van der Waals surface area contributed by atoms with Crippen molar-refractivity contribution in [1.82, 2.24) is 24.6 Å². The maximum atomic E-state index is 14.4. The average molecular weight is 784 g/mol. The van der Waals surface area contributed by atoms with Gasteiger partial charge in [0, 0.05) is 30.3 Å². The number of ether oxygens (including phenoxy) is 5. The van der Waals surface area contributed by atoms with Crippen molar-refractivity contribution >= 4 is 52.4 Å². The van der Waals surface area contributed by atoms with Gasteiger partial charge in [0.15, 0.2) is 11.6 Å². The van der Waals surface area contributed by atoms with E-state index in [1.54, 1.807) is 77.9 Å². The lowest BCUT2D eigenvalue weighted by molar-refractivity contribution is -0.120. The molecular formula is C41H49N7O9. The third-order valence-corrected chi connectivity index (χ3v) is 9.86. The SMILES string of the molecule is COc1ccc2c(c1)[C@]1(C[C@H]1c1ccc3c(Nc4nc(C5CN(C(=O)OC(C)(C)C)C5)cnc4OC)nn(C(=O)OC(C)(C)C)c3c1)C(=O)N2C(=O)OC(C)(C)C. The van der Waals surface area contributed by atoms with Gasteiger partial charge in [0.2, 0.25) is 5.91 Å². The Morgan fingerprint density at radius 3 is 2.09 bits per heavy atom. The molecule has 302 valence electrons. The molecule has 0 unspecified atom stereocenters. The van der Waals surface area contributed by atoms with E-state index < -0.39 is 40.5 Å². The minimum atomic E-state index is -1.06. The number of hydrogen-bond donors (Lipinski definition) is 1. The molecule has 4 heterocycles. The standard InChI is InChI=1S/C41H49N7O9/c1-38(2,3)55-35(50)46-20-23(21-46)28-19-42-33(54-11)32(43-28)44-31-25-14-12-22(16-30(25)48(45-31)37(52)57-40(7,8)9)27-18-41(27)26-17-24(53-10)13-15-29(26)47(34(41)49)36(51)56-39(4,5)6/h12-17,19,23,27H,18,20-21H2,1-11H3,(H,43,44,45)/t27-,41-/m0/s1. The molecule has 0 bridgehead atoms. The van der Waals surface area contributed by atoms with Gasteiger partial charge in [0.25, 0.3) is 5.88 Å². The van der Waals surface area contributed by atoms with Gasteiger partial charge in [-0.15, -0.1) is 5.10 Å². The molecule has 1 aliphatic carbocycles. The second-order valence-corrected chi connectivity index (χ2v) is 17.6. The third-order valence-electron chi connectivity index (χ3n) is 9.86. The normalized spacial score (nSPS) is 19.3. The van der Waals surface area contributed by atoms with Crippen LogP contribution in [0, 0.1) is 0 Å². The number of nitrogens with zero attached hydrogens (tertiary/aromatic N) is 6. The van der Waals surface area contributed by atoms with E-state index in [4.69, 9.17) is 28.7 Å². The molecule has 2 fully saturated rings. The van der Waals surface area contributed by atoms with Gasteiger partial charge in [0.1, 0.15) is 22.6 Å². The molecule has 3 aliphatic rings. The molecule has 16 nitrogen and oxygen atoms in total. The first kappa shape index (κ1) is 39.3. The summed E-state index contributed by atoms with van der Waals surface area (Å²) in [4.78, 5) is 66.1. The molecule has 2 aromatic heterocycles. The van der Waals surface area contributed by atoms with E-state index in [2.05, 4.69) is 15.4 Å². The highest BCUT2D eigenvalue weighted by Gasteiger charge is 2.68. The van der Waals surface area contributed by atoms with Crippen molar-refractivity contribution in [3.05, 3.63) is 59.4 Å². The van der Waals surface area contributed by atoms with Crippen molar-refractivity contribution in [2.45, 2.75) is 103 Å². The summed E-state index contributed by atoms with van der Waals surface area (Å²) in [6.07, 6.45) is 0.161. The maximum Gasteiger partial charge on any atom is 0.435 e. The quantitative estimate of drug-likeness (QED) is 0.192. The lowest BCUT2D eigenvalue weighted by Gasteiger charge is -2.39. The molecule has 3 amide bonds. The van der Waals surface area contributed by atoms with E-state index in [-0.39, 0.29) is 35.3 Å². The number of nitrogens with one attached hydrogen (secondary N) is 1. The first-order valence-corrected chi connectivity index (χ1v) is 18.8. The number of hydrogen-bond acceptors (Lipinski definition) is 13. The second-order valence-electron chi connectivity index (χ2n) is 17.6. The number of imide groups is 1. The zero-order chi connectivity index (χ0) is 41.4. The second kappa shape index (κ2) is 13.6. The van der Waals surface area contributed by atoms with Crippen LogP contribution in [-0.2, 0) is 24.4 Å². The minimum absolute atomic E-state index is 0.0874. The Labute approximate surface area is 330 Å². The Morgan fingerprint density at radius 1 is 0.807 bits per heavy atom. The summed E-state index contributed by atoms with van der Waals surface area (Å²) in [5, 5.41) is 8.44. The van der Waals surface area contributed by atoms with E-state index in [0.29, 0.717) is 53.1 Å². The predicted molar refractivity (Wildman–Crippen MR) is 210 cm³/mol. The van der Waals surface area contributed by atoms with Gasteiger partial charge in [0.05, 0.1) is 42.7 Å². The fourth-order valence-corrected chi connectivity index (χ4v) is 7.26. The summed E-state index contributed by atoms with van der Waals surface area (Å²) in [5.74, 6) is 0.459. The van der Waals surface area contributed by atoms with Gasteiger partial charge in [-0.25, -0.2) is 29.3 Å². The number of anilines is 3. The summed E-state index contributed by atoms with van der Waals surface area (Å²) in [5.41, 5.74) is -0.404. The number of amides is 3. The molecule has 57 heavy (non-hydrogen) atoms. The van der Waals surface area contributed by atoms with Gasteiger partial charge in [-0.2, -0.15) is 4.68 Å². The van der Waals surface area contributed by atoms with Crippen molar-refractivity contribution in [2.75, 3.05) is 37.5 Å². The summed E-state index contributed by atoms with van der Waals surface area (Å²) in [7, 11) is 3.02. The molecule has 7 rings (SSSR count). The van der Waals surface area contributed by atoms with Crippen LogP contribution in [0.5, 0.6) is 11.6 Å². The monoisotopic (exact) mass is 783 g/mol. The fraction of sp³-hybridized carbons (Fsp3) is 0.488. The highest BCUT2D eigenvalue weighted by molar-refractivity contribution is 6.23. The first-order chi connectivity index (χ1) is 26.6. The molecule has 1 spiro atoms. The minimum Gasteiger partial charge on any atom is -0.497 e. The average Bonchev–Trinajstić information content (AvgIpc) is 3.67. The predicted octanol–water partition coefficient (Wildman–Crippen LogP) is 7.41. The van der Waals surface area contributed by atoms with Crippen LogP contribution in [0.15, 0.2) is 42.6 Å². The number of methoxy groups -OCH3 is 2. The van der Waals surface area contributed by atoms with E-state index in [1.807, 2.05) is 39.0 Å². The van der Waals surface area contributed by atoms with Gasteiger partial charge >= 0.3 is 18.3 Å². The van der Waals surface area contributed by atoms with Crippen LogP contribution in [0.2, 0.25) is 0 Å². The van der Waals surface area contributed by atoms with E-state index in [9.17, 15) is 19.2 Å². The summed E-state index contributed by atoms with van der Waals surface area (Å²) >= 11 is 0. The molecule has 2 aliphatic heterocycles. The number of carbonyl (C=O) groups excluding carboxylic acids is 4. The summed E-state index contributed by atoms with van der Waals surface area (Å²) in [6.45, 7) is 16.8. The lowest BCUT2D eigenvalue weighted by atomic mass is 9.91. The molecule has 2 atom stereocenters. The molecule has 1 saturated carbocycles. The Morgan fingerprint density at radius 2 is 1.46 bits per heavy atom. The van der Waals surface area contributed by atoms with Crippen molar-refractivity contribution in [3.8, 4) is 11.6 Å². The number of benzene rings is 2. The van der Waals surface area contributed by atoms with E-state index in [1.165, 1.54) is 11.8 Å². The number of likely N-dealkylation sites (tertiary alicyclic amines) is 1. The van der Waals surface area contributed by atoms with Crippen molar-refractivity contribution in [3.63, 3.8) is 0 Å². The van der Waals surface area contributed by atoms with Crippen LogP contribution in [0.1, 0.15) is 97.4 Å². The van der Waals surface area contributed by atoms with E-state index >= 15 is 0 Å².